The van der Waals surface area contributed by atoms with Crippen molar-refractivity contribution in [3.8, 4) is 0 Å². The van der Waals surface area contributed by atoms with Crippen molar-refractivity contribution in [2.45, 2.75) is 17.7 Å². The molecule has 9 nitrogen and oxygen atoms in total. The summed E-state index contributed by atoms with van der Waals surface area (Å²) in [5, 5.41) is 8.75. The zero-order chi connectivity index (χ0) is 13.8. The Hall–Kier alpha value is -1.75. The average Bonchev–Trinajstić information content (AvgIpc) is 2.72. The average molecular weight is 293 g/mol. The molecule has 0 bridgehead atoms. The molecule has 4 N–H and O–H groups in total. The van der Waals surface area contributed by atoms with Crippen LogP contribution >= 0.6 is 11.3 Å². The molecule has 1 aromatic heterocycles. The monoisotopic (exact) mass is 293 g/mol. The van der Waals surface area contributed by atoms with Gasteiger partial charge in [0.1, 0.15) is 0 Å². The SMILES string of the molecule is CCCNC(=O)C(=O)NS(=O)(=O)c1nnc(N)s1. The van der Waals surface area contributed by atoms with Gasteiger partial charge in [-0.05, 0) is 6.42 Å². The fourth-order valence-corrected chi connectivity index (χ4v) is 2.59. The van der Waals surface area contributed by atoms with E-state index < -0.39 is 26.2 Å². The van der Waals surface area contributed by atoms with Gasteiger partial charge < -0.3 is 11.1 Å². The highest BCUT2D eigenvalue weighted by atomic mass is 32.2. The summed E-state index contributed by atoms with van der Waals surface area (Å²) in [6.07, 6.45) is 0.624. The molecule has 0 atom stereocenters. The Kier molecular flexibility index (Phi) is 4.55. The van der Waals surface area contributed by atoms with Crippen LogP contribution in [0.2, 0.25) is 0 Å². The lowest BCUT2D eigenvalue weighted by Crippen LogP contribution is -2.42. The highest BCUT2D eigenvalue weighted by Gasteiger charge is 2.25. The second kappa shape index (κ2) is 5.73. The van der Waals surface area contributed by atoms with Gasteiger partial charge in [-0.15, -0.1) is 10.2 Å². The second-order valence-electron chi connectivity index (χ2n) is 3.10. The van der Waals surface area contributed by atoms with E-state index in [9.17, 15) is 18.0 Å². The number of aromatic nitrogens is 2. The number of hydrogen-bond donors (Lipinski definition) is 3. The number of nitrogens with one attached hydrogen (secondary N) is 2. The number of rotatable bonds is 4. The topological polar surface area (TPSA) is 144 Å². The van der Waals surface area contributed by atoms with Crippen molar-refractivity contribution in [2.24, 2.45) is 0 Å². The van der Waals surface area contributed by atoms with Crippen molar-refractivity contribution in [1.29, 1.82) is 0 Å². The van der Waals surface area contributed by atoms with Gasteiger partial charge in [0.05, 0.1) is 0 Å². The van der Waals surface area contributed by atoms with E-state index in [0.29, 0.717) is 17.8 Å². The lowest BCUT2D eigenvalue weighted by molar-refractivity contribution is -0.138. The summed E-state index contributed by atoms with van der Waals surface area (Å²) in [6, 6.07) is 0. The summed E-state index contributed by atoms with van der Waals surface area (Å²) in [6.45, 7) is 2.07. The maximum atomic E-state index is 11.6. The predicted molar refractivity (Wildman–Crippen MR) is 63.0 cm³/mol. The number of nitrogens with two attached hydrogens (primary N) is 1. The molecule has 1 aromatic rings. The highest BCUT2D eigenvalue weighted by molar-refractivity contribution is 7.92. The van der Waals surface area contributed by atoms with E-state index in [1.54, 1.807) is 11.6 Å². The fraction of sp³-hybridized carbons (Fsp3) is 0.429. The quantitative estimate of drug-likeness (QED) is 0.570. The van der Waals surface area contributed by atoms with Crippen LogP contribution in [-0.2, 0) is 19.6 Å². The smallest absolute Gasteiger partial charge is 0.323 e. The molecule has 1 heterocycles. The lowest BCUT2D eigenvalue weighted by Gasteiger charge is -2.04. The molecule has 0 aromatic carbocycles. The van der Waals surface area contributed by atoms with Crippen LogP contribution in [0.15, 0.2) is 4.34 Å². The Labute approximate surface area is 107 Å². The summed E-state index contributed by atoms with van der Waals surface area (Å²) >= 11 is 0.587. The van der Waals surface area contributed by atoms with Crippen molar-refractivity contribution in [1.82, 2.24) is 20.2 Å². The molecule has 0 aliphatic carbocycles. The molecule has 0 aliphatic heterocycles. The first-order valence-corrected chi connectivity index (χ1v) is 7.10. The van der Waals surface area contributed by atoms with Crippen LogP contribution < -0.4 is 15.8 Å². The first kappa shape index (κ1) is 14.3. The summed E-state index contributed by atoms with van der Waals surface area (Å²) in [5.74, 6) is -2.31. The standard InChI is InChI=1S/C7H11N5O4S2/c1-2-3-9-4(13)5(14)12-18(15,16)7-11-10-6(8)17-7/h2-3H2,1H3,(H2,8,10)(H,9,13)(H,12,14). The van der Waals surface area contributed by atoms with Crippen molar-refractivity contribution in [2.75, 3.05) is 12.3 Å². The third-order valence-electron chi connectivity index (χ3n) is 1.62. The molecule has 0 radical (unpaired) electrons. The largest absolute Gasteiger partial charge is 0.374 e. The van der Waals surface area contributed by atoms with Gasteiger partial charge in [-0.25, -0.2) is 4.72 Å². The van der Waals surface area contributed by atoms with Gasteiger partial charge in [0.15, 0.2) is 0 Å². The molecule has 0 aliphatic rings. The first-order chi connectivity index (χ1) is 8.36. The van der Waals surface area contributed by atoms with Gasteiger partial charge in [-0.2, -0.15) is 8.42 Å². The van der Waals surface area contributed by atoms with E-state index in [2.05, 4.69) is 15.5 Å². The zero-order valence-corrected chi connectivity index (χ0v) is 11.0. The number of nitrogens with zero attached hydrogens (tertiary/aromatic N) is 2. The predicted octanol–water partition coefficient (Wildman–Crippen LogP) is -1.55. The van der Waals surface area contributed by atoms with Gasteiger partial charge in [0.25, 0.3) is 14.4 Å². The normalized spacial score (nSPS) is 10.9. The minimum Gasteiger partial charge on any atom is -0.374 e. The number of sulfonamides is 1. The molecule has 18 heavy (non-hydrogen) atoms. The molecule has 0 spiro atoms. The lowest BCUT2D eigenvalue weighted by atomic mass is 10.4. The molecule has 11 heteroatoms. The van der Waals surface area contributed by atoms with Crippen LogP contribution in [0.25, 0.3) is 0 Å². The Morgan fingerprint density at radius 2 is 2.00 bits per heavy atom. The maximum absolute atomic E-state index is 11.6. The van der Waals surface area contributed by atoms with Crippen molar-refractivity contribution >= 4 is 38.3 Å². The van der Waals surface area contributed by atoms with E-state index in [-0.39, 0.29) is 11.7 Å². The molecule has 0 saturated heterocycles. The number of hydrogen-bond acceptors (Lipinski definition) is 8. The van der Waals surface area contributed by atoms with Crippen LogP contribution in [0.5, 0.6) is 0 Å². The number of carbonyl (C=O) groups excluding carboxylic acids is 2. The molecule has 100 valence electrons. The van der Waals surface area contributed by atoms with E-state index in [1.165, 1.54) is 0 Å². The summed E-state index contributed by atoms with van der Waals surface area (Å²) in [7, 11) is -4.20. The maximum Gasteiger partial charge on any atom is 0.323 e. The second-order valence-corrected chi connectivity index (χ2v) is 5.96. The van der Waals surface area contributed by atoms with Crippen LogP contribution in [0.1, 0.15) is 13.3 Å². The molecule has 0 saturated carbocycles. The first-order valence-electron chi connectivity index (χ1n) is 4.80. The van der Waals surface area contributed by atoms with Gasteiger partial charge in [0, 0.05) is 6.54 Å². The fourth-order valence-electron chi connectivity index (χ4n) is 0.860. The van der Waals surface area contributed by atoms with Gasteiger partial charge in [0.2, 0.25) is 5.13 Å². The molecule has 2 amide bonds. The number of carbonyl (C=O) groups is 2. The summed E-state index contributed by atoms with van der Waals surface area (Å²) < 4.78 is 24.2. The van der Waals surface area contributed by atoms with Crippen LogP contribution in [0, 0.1) is 0 Å². The minimum absolute atomic E-state index is 0.0572. The molecule has 0 unspecified atom stereocenters. The Morgan fingerprint density at radius 1 is 1.33 bits per heavy atom. The van der Waals surface area contributed by atoms with Crippen LogP contribution in [0.3, 0.4) is 0 Å². The van der Waals surface area contributed by atoms with Crippen LogP contribution in [-0.4, -0.2) is 37.0 Å². The van der Waals surface area contributed by atoms with E-state index in [4.69, 9.17) is 5.73 Å². The summed E-state index contributed by atoms with van der Waals surface area (Å²) in [4.78, 5) is 22.4. The third kappa shape index (κ3) is 3.63. The molecular weight excluding hydrogens is 282 g/mol. The molecule has 1 rings (SSSR count). The van der Waals surface area contributed by atoms with Crippen molar-refractivity contribution < 1.29 is 18.0 Å². The summed E-state index contributed by atoms with van der Waals surface area (Å²) in [5.41, 5.74) is 5.22. The number of amides is 2. The van der Waals surface area contributed by atoms with Crippen LogP contribution in [0.4, 0.5) is 5.13 Å². The van der Waals surface area contributed by atoms with E-state index in [1.807, 2.05) is 0 Å². The highest BCUT2D eigenvalue weighted by Crippen LogP contribution is 2.16. The molecular formula is C7H11N5O4S2. The molecule has 0 fully saturated rings. The zero-order valence-electron chi connectivity index (χ0n) is 9.34. The number of anilines is 1. The number of nitrogen functional groups attached to an aromatic ring is 1. The van der Waals surface area contributed by atoms with Crippen molar-refractivity contribution in [3.63, 3.8) is 0 Å². The minimum atomic E-state index is -4.20. The van der Waals surface area contributed by atoms with E-state index in [0.717, 1.165) is 0 Å². The van der Waals surface area contributed by atoms with E-state index >= 15 is 0 Å². The van der Waals surface area contributed by atoms with Crippen molar-refractivity contribution in [3.05, 3.63) is 0 Å². The van der Waals surface area contributed by atoms with Gasteiger partial charge >= 0.3 is 11.8 Å². The van der Waals surface area contributed by atoms with Gasteiger partial charge in [-0.3, -0.25) is 9.59 Å². The third-order valence-corrected chi connectivity index (χ3v) is 4.07. The Bertz CT molecular complexity index is 552. The Morgan fingerprint density at radius 3 is 2.50 bits per heavy atom. The Balaban J connectivity index is 2.72. The van der Waals surface area contributed by atoms with Gasteiger partial charge in [-0.1, -0.05) is 18.3 Å².